The first kappa shape index (κ1) is 16.8. The highest BCUT2D eigenvalue weighted by Crippen LogP contribution is 2.28. The molecule has 4 rings (SSSR count). The molecule has 0 saturated heterocycles. The zero-order valence-corrected chi connectivity index (χ0v) is 14.8. The monoisotopic (exact) mass is 387 g/mol. The van der Waals surface area contributed by atoms with E-state index in [1.165, 1.54) is 23.9 Å². The van der Waals surface area contributed by atoms with Crippen LogP contribution < -0.4 is 0 Å². The Morgan fingerprint density at radius 2 is 1.73 bits per heavy atom. The second-order valence-corrected chi connectivity index (χ2v) is 6.67. The Labute approximate surface area is 157 Å². The van der Waals surface area contributed by atoms with Crippen LogP contribution in [-0.2, 0) is 5.75 Å². The van der Waals surface area contributed by atoms with Gasteiger partial charge in [-0.1, -0.05) is 28.5 Å². The minimum Gasteiger partial charge on any atom is -0.431 e. The van der Waals surface area contributed by atoms with Gasteiger partial charge in [0.15, 0.2) is 11.6 Å². The van der Waals surface area contributed by atoms with Gasteiger partial charge in [0.1, 0.15) is 5.82 Å². The van der Waals surface area contributed by atoms with Crippen molar-refractivity contribution in [3.63, 3.8) is 0 Å². The van der Waals surface area contributed by atoms with Crippen molar-refractivity contribution in [2.45, 2.75) is 11.0 Å². The smallest absolute Gasteiger partial charge is 0.257 e. The fourth-order valence-corrected chi connectivity index (χ4v) is 2.99. The standard InChI is InChI=1S/C18H11ClFN3O2S/c19-13-5-1-12(2-6-13)17-22-16(23-25-17)10-26-18-21-9-15(24-18)11-3-7-14(20)8-4-11/h1-9H,10H2. The van der Waals surface area contributed by atoms with Gasteiger partial charge < -0.3 is 8.94 Å². The Morgan fingerprint density at radius 3 is 2.50 bits per heavy atom. The van der Waals surface area contributed by atoms with Crippen LogP contribution in [0.5, 0.6) is 0 Å². The van der Waals surface area contributed by atoms with Gasteiger partial charge in [-0.3, -0.25) is 0 Å². The lowest BCUT2D eigenvalue weighted by Gasteiger charge is -1.95. The van der Waals surface area contributed by atoms with Crippen molar-refractivity contribution in [1.29, 1.82) is 0 Å². The van der Waals surface area contributed by atoms with Crippen LogP contribution in [0.2, 0.25) is 5.02 Å². The molecule has 8 heteroatoms. The molecular formula is C18H11ClFN3O2S. The Kier molecular flexibility index (Phi) is 4.73. The van der Waals surface area contributed by atoms with Crippen LogP contribution in [0.1, 0.15) is 5.82 Å². The molecule has 2 aromatic carbocycles. The van der Waals surface area contributed by atoms with Gasteiger partial charge in [0, 0.05) is 16.1 Å². The highest BCUT2D eigenvalue weighted by Gasteiger charge is 2.12. The van der Waals surface area contributed by atoms with Gasteiger partial charge in [0.25, 0.3) is 11.1 Å². The second kappa shape index (κ2) is 7.31. The van der Waals surface area contributed by atoms with Gasteiger partial charge in [-0.25, -0.2) is 9.37 Å². The zero-order valence-electron chi connectivity index (χ0n) is 13.2. The van der Waals surface area contributed by atoms with Crippen molar-refractivity contribution in [3.05, 3.63) is 71.4 Å². The van der Waals surface area contributed by atoms with Gasteiger partial charge in [-0.15, -0.1) is 0 Å². The van der Waals surface area contributed by atoms with E-state index in [4.69, 9.17) is 20.5 Å². The molecule has 0 spiro atoms. The van der Waals surface area contributed by atoms with Crippen molar-refractivity contribution in [1.82, 2.24) is 15.1 Å². The summed E-state index contributed by atoms with van der Waals surface area (Å²) in [6.45, 7) is 0. The molecule has 26 heavy (non-hydrogen) atoms. The van der Waals surface area contributed by atoms with Crippen molar-refractivity contribution in [2.24, 2.45) is 0 Å². The summed E-state index contributed by atoms with van der Waals surface area (Å²) in [4.78, 5) is 8.55. The number of rotatable bonds is 5. The summed E-state index contributed by atoms with van der Waals surface area (Å²) in [5, 5.41) is 5.07. The maximum absolute atomic E-state index is 13.0. The summed E-state index contributed by atoms with van der Waals surface area (Å²) in [7, 11) is 0. The van der Waals surface area contributed by atoms with E-state index >= 15 is 0 Å². The number of oxazole rings is 1. The molecule has 0 atom stereocenters. The molecule has 0 fully saturated rings. The highest BCUT2D eigenvalue weighted by atomic mass is 35.5. The van der Waals surface area contributed by atoms with Crippen molar-refractivity contribution >= 4 is 23.4 Å². The van der Waals surface area contributed by atoms with E-state index in [9.17, 15) is 4.39 Å². The molecule has 0 N–H and O–H groups in total. The van der Waals surface area contributed by atoms with Crippen LogP contribution in [-0.4, -0.2) is 15.1 Å². The molecule has 2 heterocycles. The van der Waals surface area contributed by atoms with Crippen molar-refractivity contribution in [2.75, 3.05) is 0 Å². The zero-order chi connectivity index (χ0) is 17.9. The summed E-state index contributed by atoms with van der Waals surface area (Å²) in [6, 6.07) is 13.2. The van der Waals surface area contributed by atoms with Crippen LogP contribution in [0.15, 0.2) is 68.9 Å². The minimum atomic E-state index is -0.295. The average molecular weight is 388 g/mol. The number of halogens is 2. The van der Waals surface area contributed by atoms with Gasteiger partial charge in [0.2, 0.25) is 0 Å². The molecule has 0 amide bonds. The van der Waals surface area contributed by atoms with Crippen molar-refractivity contribution in [3.8, 4) is 22.8 Å². The first-order valence-corrected chi connectivity index (χ1v) is 8.97. The summed E-state index contributed by atoms with van der Waals surface area (Å²) in [6.07, 6.45) is 1.60. The summed E-state index contributed by atoms with van der Waals surface area (Å²) >= 11 is 7.22. The minimum absolute atomic E-state index is 0.295. The molecule has 0 aliphatic rings. The van der Waals surface area contributed by atoms with E-state index < -0.39 is 0 Å². The van der Waals surface area contributed by atoms with E-state index in [0.29, 0.717) is 33.5 Å². The highest BCUT2D eigenvalue weighted by molar-refractivity contribution is 7.98. The van der Waals surface area contributed by atoms with Gasteiger partial charge in [-0.2, -0.15) is 4.98 Å². The van der Waals surface area contributed by atoms with Crippen LogP contribution in [0, 0.1) is 5.82 Å². The van der Waals surface area contributed by atoms with Crippen LogP contribution in [0.25, 0.3) is 22.8 Å². The molecule has 0 radical (unpaired) electrons. The number of aromatic nitrogens is 3. The normalized spacial score (nSPS) is 11.0. The Bertz CT molecular complexity index is 932. The molecule has 0 aliphatic heterocycles. The van der Waals surface area contributed by atoms with Gasteiger partial charge >= 0.3 is 0 Å². The number of thioether (sulfide) groups is 1. The maximum atomic E-state index is 13.0. The van der Waals surface area contributed by atoms with Crippen molar-refractivity contribution < 1.29 is 13.3 Å². The molecule has 2 aromatic heterocycles. The fourth-order valence-electron chi connectivity index (χ4n) is 2.22. The topological polar surface area (TPSA) is 65.0 Å². The lowest BCUT2D eigenvalue weighted by molar-refractivity contribution is 0.425. The molecule has 0 aliphatic carbocycles. The Hall–Kier alpha value is -2.64. The third-order valence-electron chi connectivity index (χ3n) is 3.50. The van der Waals surface area contributed by atoms with E-state index in [0.717, 1.165) is 11.1 Å². The second-order valence-electron chi connectivity index (χ2n) is 5.31. The third kappa shape index (κ3) is 3.79. The van der Waals surface area contributed by atoms with E-state index in [2.05, 4.69) is 15.1 Å². The number of hydrogen-bond acceptors (Lipinski definition) is 6. The van der Waals surface area contributed by atoms with Gasteiger partial charge in [-0.05, 0) is 48.5 Å². The molecule has 0 unspecified atom stereocenters. The fraction of sp³-hybridized carbons (Fsp3) is 0.0556. The van der Waals surface area contributed by atoms with E-state index in [1.54, 1.807) is 30.5 Å². The lowest BCUT2D eigenvalue weighted by atomic mass is 10.2. The van der Waals surface area contributed by atoms with E-state index in [-0.39, 0.29) is 5.82 Å². The van der Waals surface area contributed by atoms with Crippen LogP contribution >= 0.6 is 23.4 Å². The Morgan fingerprint density at radius 1 is 1.00 bits per heavy atom. The number of benzene rings is 2. The SMILES string of the molecule is Fc1ccc(-c2cnc(SCc3noc(-c4ccc(Cl)cc4)n3)o2)cc1. The summed E-state index contributed by atoms with van der Waals surface area (Å²) in [5.41, 5.74) is 1.56. The average Bonchev–Trinajstić information content (AvgIpc) is 3.31. The first-order chi connectivity index (χ1) is 12.7. The van der Waals surface area contributed by atoms with Gasteiger partial charge in [0.05, 0.1) is 11.9 Å². The maximum Gasteiger partial charge on any atom is 0.257 e. The number of nitrogens with zero attached hydrogens (tertiary/aromatic N) is 3. The lowest BCUT2D eigenvalue weighted by Crippen LogP contribution is -1.84. The predicted octanol–water partition coefficient (Wildman–Crippen LogP) is 5.48. The quantitative estimate of drug-likeness (QED) is 0.423. The molecule has 5 nitrogen and oxygen atoms in total. The van der Waals surface area contributed by atoms with Crippen LogP contribution in [0.3, 0.4) is 0 Å². The van der Waals surface area contributed by atoms with E-state index in [1.807, 2.05) is 12.1 Å². The third-order valence-corrected chi connectivity index (χ3v) is 4.59. The molecule has 130 valence electrons. The molecule has 4 aromatic rings. The van der Waals surface area contributed by atoms with Crippen LogP contribution in [0.4, 0.5) is 4.39 Å². The Balaban J connectivity index is 1.42. The summed E-state index contributed by atoms with van der Waals surface area (Å²) in [5.74, 6) is 1.68. The molecule has 0 saturated carbocycles. The molecule has 0 bridgehead atoms. The summed E-state index contributed by atoms with van der Waals surface area (Å²) < 4.78 is 23.9. The number of hydrogen-bond donors (Lipinski definition) is 0. The molecular weight excluding hydrogens is 377 g/mol. The first-order valence-electron chi connectivity index (χ1n) is 7.60. The predicted molar refractivity (Wildman–Crippen MR) is 96.2 cm³/mol. The largest absolute Gasteiger partial charge is 0.431 e.